The van der Waals surface area contributed by atoms with Crippen LogP contribution in [0.5, 0.6) is 0 Å². The second kappa shape index (κ2) is 3.15. The van der Waals surface area contributed by atoms with Crippen LogP contribution >= 0.6 is 11.6 Å². The molecule has 6 heteroatoms. The summed E-state index contributed by atoms with van der Waals surface area (Å²) >= 11 is 5.41. The minimum Gasteiger partial charge on any atom is -0.476 e. The van der Waals surface area contributed by atoms with Crippen LogP contribution in [0.3, 0.4) is 0 Å². The van der Waals surface area contributed by atoms with Crippen molar-refractivity contribution in [1.29, 1.82) is 5.26 Å². The van der Waals surface area contributed by atoms with Crippen LogP contribution in [0.25, 0.3) is 0 Å². The van der Waals surface area contributed by atoms with Gasteiger partial charge in [0.15, 0.2) is 16.5 Å². The van der Waals surface area contributed by atoms with Crippen molar-refractivity contribution in [2.45, 2.75) is 0 Å². The molecule has 0 aromatic carbocycles. The predicted molar refractivity (Wildman–Crippen MR) is 38.7 cm³/mol. The van der Waals surface area contributed by atoms with E-state index in [2.05, 4.69) is 9.97 Å². The first-order valence-corrected chi connectivity index (χ1v) is 3.19. The van der Waals surface area contributed by atoms with E-state index >= 15 is 0 Å². The van der Waals surface area contributed by atoms with Gasteiger partial charge in [0.2, 0.25) is 0 Å². The number of aromatic carboxylic acids is 1. The first-order chi connectivity index (χ1) is 5.65. The molecule has 1 heterocycles. The van der Waals surface area contributed by atoms with Crippen LogP contribution in [0, 0.1) is 11.3 Å². The van der Waals surface area contributed by atoms with Gasteiger partial charge in [-0.15, -0.1) is 0 Å². The molecule has 0 fully saturated rings. The van der Waals surface area contributed by atoms with E-state index in [1.165, 1.54) is 0 Å². The van der Waals surface area contributed by atoms with Gasteiger partial charge in [-0.2, -0.15) is 5.26 Å². The Labute approximate surface area is 72.3 Å². The molecule has 0 atom stereocenters. The highest BCUT2D eigenvalue weighted by Gasteiger charge is 2.09. The van der Waals surface area contributed by atoms with Gasteiger partial charge in [-0.3, -0.25) is 0 Å². The zero-order chi connectivity index (χ0) is 9.14. The van der Waals surface area contributed by atoms with Crippen LogP contribution in [0.1, 0.15) is 16.2 Å². The summed E-state index contributed by atoms with van der Waals surface area (Å²) in [6, 6.07) is 1.62. The number of carboxylic acid groups (broad SMARTS) is 1. The predicted octanol–water partition coefficient (Wildman–Crippen LogP) is 0.700. The number of carbonyl (C=O) groups is 1. The number of halogens is 1. The average Bonchev–Trinajstić information content (AvgIpc) is 2.05. The summed E-state index contributed by atoms with van der Waals surface area (Å²) in [6.07, 6.45) is 0.992. The summed E-state index contributed by atoms with van der Waals surface area (Å²) in [4.78, 5) is 17.2. The molecule has 0 aliphatic rings. The minimum absolute atomic E-state index is 0.0949. The quantitative estimate of drug-likeness (QED) is 0.693. The van der Waals surface area contributed by atoms with Crippen LogP contribution in [-0.4, -0.2) is 21.0 Å². The van der Waals surface area contributed by atoms with Crippen molar-refractivity contribution in [2.75, 3.05) is 0 Å². The summed E-state index contributed by atoms with van der Waals surface area (Å²) in [5, 5.41) is 16.7. The molecule has 5 nitrogen and oxygen atoms in total. The molecule has 0 bridgehead atoms. The topological polar surface area (TPSA) is 86.9 Å². The molecule has 12 heavy (non-hydrogen) atoms. The van der Waals surface area contributed by atoms with Crippen molar-refractivity contribution in [1.82, 2.24) is 9.97 Å². The lowest BCUT2D eigenvalue weighted by Gasteiger charge is -1.94. The molecule has 1 aromatic rings. The van der Waals surface area contributed by atoms with Crippen LogP contribution < -0.4 is 0 Å². The number of carboxylic acids is 1. The smallest absolute Gasteiger partial charge is 0.356 e. The molecule has 0 aliphatic carbocycles. The Hall–Kier alpha value is -1.67. The van der Waals surface area contributed by atoms with Gasteiger partial charge in [-0.25, -0.2) is 14.8 Å². The third kappa shape index (κ3) is 1.49. The van der Waals surface area contributed by atoms with Gasteiger partial charge in [-0.1, -0.05) is 11.6 Å². The zero-order valence-corrected chi connectivity index (χ0v) is 6.41. The Bertz CT molecular complexity index is 372. The third-order valence-corrected chi connectivity index (χ3v) is 1.33. The van der Waals surface area contributed by atoms with Crippen LogP contribution in [-0.2, 0) is 0 Å². The van der Waals surface area contributed by atoms with E-state index in [0.29, 0.717) is 0 Å². The van der Waals surface area contributed by atoms with Crippen molar-refractivity contribution >= 4 is 17.6 Å². The molecule has 60 valence electrons. The van der Waals surface area contributed by atoms with Gasteiger partial charge in [0.25, 0.3) is 0 Å². The Morgan fingerprint density at radius 2 is 2.42 bits per heavy atom. The third-order valence-electron chi connectivity index (χ3n) is 1.05. The normalized spacial score (nSPS) is 9.00. The molecule has 0 spiro atoms. The number of rotatable bonds is 1. The second-order valence-electron chi connectivity index (χ2n) is 1.81. The fourth-order valence-electron chi connectivity index (χ4n) is 0.549. The van der Waals surface area contributed by atoms with E-state index in [1.54, 1.807) is 6.07 Å². The molecule has 0 aliphatic heterocycles. The van der Waals surface area contributed by atoms with E-state index in [0.717, 1.165) is 6.20 Å². The van der Waals surface area contributed by atoms with E-state index < -0.39 is 5.97 Å². The van der Waals surface area contributed by atoms with Crippen molar-refractivity contribution in [3.8, 4) is 6.07 Å². The van der Waals surface area contributed by atoms with Gasteiger partial charge >= 0.3 is 5.97 Å². The van der Waals surface area contributed by atoms with Crippen molar-refractivity contribution in [2.24, 2.45) is 0 Å². The molecule has 0 saturated carbocycles. The molecule has 0 saturated heterocycles. The number of aromatic nitrogens is 2. The summed E-state index contributed by atoms with van der Waals surface area (Å²) in [6.45, 7) is 0. The van der Waals surface area contributed by atoms with Crippen LogP contribution in [0.4, 0.5) is 0 Å². The van der Waals surface area contributed by atoms with Crippen LogP contribution in [0.2, 0.25) is 5.15 Å². The van der Waals surface area contributed by atoms with E-state index in [9.17, 15) is 4.79 Å². The maximum absolute atomic E-state index is 10.3. The van der Waals surface area contributed by atoms with Crippen LogP contribution in [0.15, 0.2) is 6.20 Å². The standard InChI is InChI=1S/C6H2ClN3O2/c7-5-3(1-8)10-4(2-9-5)6(11)12/h2H,(H,11,12). The molecule has 0 unspecified atom stereocenters. The highest BCUT2D eigenvalue weighted by Crippen LogP contribution is 2.08. The van der Waals surface area contributed by atoms with Gasteiger partial charge in [0, 0.05) is 0 Å². The highest BCUT2D eigenvalue weighted by molar-refractivity contribution is 6.30. The Kier molecular flexibility index (Phi) is 2.21. The highest BCUT2D eigenvalue weighted by atomic mass is 35.5. The molecular weight excluding hydrogens is 182 g/mol. The Morgan fingerprint density at radius 1 is 1.75 bits per heavy atom. The van der Waals surface area contributed by atoms with Crippen molar-refractivity contribution < 1.29 is 9.90 Å². The fraction of sp³-hybridized carbons (Fsp3) is 0. The molecular formula is C6H2ClN3O2. The first kappa shape index (κ1) is 8.43. The summed E-state index contributed by atoms with van der Waals surface area (Å²) in [7, 11) is 0. The number of nitrogens with zero attached hydrogens (tertiary/aromatic N) is 3. The maximum Gasteiger partial charge on any atom is 0.356 e. The van der Waals surface area contributed by atoms with E-state index in [4.69, 9.17) is 22.0 Å². The molecule has 1 aromatic heterocycles. The van der Waals surface area contributed by atoms with Gasteiger partial charge in [0.05, 0.1) is 6.20 Å². The second-order valence-corrected chi connectivity index (χ2v) is 2.17. The largest absolute Gasteiger partial charge is 0.476 e. The first-order valence-electron chi connectivity index (χ1n) is 2.81. The minimum atomic E-state index is -1.24. The van der Waals surface area contributed by atoms with Gasteiger partial charge in [-0.05, 0) is 0 Å². The summed E-state index contributed by atoms with van der Waals surface area (Å²) in [5.74, 6) is -1.24. The summed E-state index contributed by atoms with van der Waals surface area (Å²) in [5.41, 5.74) is -0.479. The number of nitriles is 1. The van der Waals surface area contributed by atoms with Gasteiger partial charge in [0.1, 0.15) is 6.07 Å². The van der Waals surface area contributed by atoms with Crippen molar-refractivity contribution in [3.05, 3.63) is 22.7 Å². The SMILES string of the molecule is N#Cc1nc(C(=O)O)cnc1Cl. The number of hydrogen-bond acceptors (Lipinski definition) is 4. The zero-order valence-electron chi connectivity index (χ0n) is 5.65. The molecule has 1 N–H and O–H groups in total. The lowest BCUT2D eigenvalue weighted by Crippen LogP contribution is -2.03. The molecule has 0 radical (unpaired) electrons. The van der Waals surface area contributed by atoms with E-state index in [1.807, 2.05) is 0 Å². The fourth-order valence-corrected chi connectivity index (χ4v) is 0.682. The maximum atomic E-state index is 10.3. The monoisotopic (exact) mass is 183 g/mol. The van der Waals surface area contributed by atoms with Crippen molar-refractivity contribution in [3.63, 3.8) is 0 Å². The lowest BCUT2D eigenvalue weighted by atomic mass is 10.4. The Morgan fingerprint density at radius 3 is 2.92 bits per heavy atom. The average molecular weight is 184 g/mol. The summed E-state index contributed by atoms with van der Waals surface area (Å²) < 4.78 is 0. The molecule has 0 amide bonds. The van der Waals surface area contributed by atoms with Gasteiger partial charge < -0.3 is 5.11 Å². The van der Waals surface area contributed by atoms with E-state index in [-0.39, 0.29) is 16.5 Å². The lowest BCUT2D eigenvalue weighted by molar-refractivity contribution is 0.0690. The molecule has 1 rings (SSSR count). The Balaban J connectivity index is 3.25. The number of hydrogen-bond donors (Lipinski definition) is 1.